The molecule has 48 valence electrons. The zero-order chi connectivity index (χ0) is 3.58. The van der Waals surface area contributed by atoms with Crippen LogP contribution in [0.15, 0.2) is 0 Å². The minimum Gasteiger partial charge on any atom is -0.412 e. The molecule has 0 spiro atoms. The predicted octanol–water partition coefficient (Wildman–Crippen LogP) is -2.88. The monoisotopic (exact) mass is 368 g/mol. The van der Waals surface area contributed by atoms with E-state index in [-0.39, 0.29) is 79.7 Å². The Hall–Kier alpha value is 2.35. The van der Waals surface area contributed by atoms with Crippen molar-refractivity contribution < 1.29 is 94.8 Å². The maximum Gasteiger partial charge on any atom is 0.631 e. The van der Waals surface area contributed by atoms with Crippen LogP contribution in [0.4, 0.5) is 0 Å². The zero-order valence-electron chi connectivity index (χ0n) is 3.39. The van der Waals surface area contributed by atoms with Gasteiger partial charge in [-0.1, -0.05) is 0 Å². The number of rotatable bonds is 0. The van der Waals surface area contributed by atoms with E-state index >= 15 is 0 Å². The van der Waals surface area contributed by atoms with Crippen LogP contribution in [-0.4, -0.2) is 27.9 Å². The van der Waals surface area contributed by atoms with E-state index in [0.717, 1.165) is 0 Å². The first-order valence-electron chi connectivity index (χ1n) is 0.775. The SMILES string of the molecule is O.OB(O)O.[Cd].[Yb]. The molecule has 0 radical (unpaired) electrons. The van der Waals surface area contributed by atoms with E-state index in [1.54, 1.807) is 0 Å². The van der Waals surface area contributed by atoms with E-state index in [2.05, 4.69) is 0 Å². The van der Waals surface area contributed by atoms with Gasteiger partial charge in [-0.15, -0.1) is 0 Å². The minimum absolute atomic E-state index is 0. The largest absolute Gasteiger partial charge is 0.631 e. The molecule has 0 heterocycles. The first kappa shape index (κ1) is 22.8. The van der Waals surface area contributed by atoms with Gasteiger partial charge in [0.1, 0.15) is 0 Å². The van der Waals surface area contributed by atoms with Gasteiger partial charge in [-0.2, -0.15) is 0 Å². The fourth-order valence-electron chi connectivity index (χ4n) is 0. The van der Waals surface area contributed by atoms with Crippen LogP contribution in [0.1, 0.15) is 0 Å². The van der Waals surface area contributed by atoms with E-state index in [0.29, 0.717) is 0 Å². The third-order valence-corrected chi connectivity index (χ3v) is 0. The Balaban J connectivity index is -0.0000000150. The van der Waals surface area contributed by atoms with Crippen molar-refractivity contribution in [1.82, 2.24) is 0 Å². The molecule has 0 aliphatic carbocycles. The molecular formula is H5BCdO4Yb. The molecule has 0 unspecified atom stereocenters. The molecule has 0 bridgehead atoms. The normalized spacial score (nSPS) is 3.86. The molecule has 0 aromatic rings. The Kier molecular flexibility index (Phi) is 51.3. The van der Waals surface area contributed by atoms with Gasteiger partial charge in [-0.25, -0.2) is 0 Å². The van der Waals surface area contributed by atoms with Crippen molar-refractivity contribution >= 4 is 7.32 Å². The topological polar surface area (TPSA) is 92.2 Å². The summed E-state index contributed by atoms with van der Waals surface area (Å²) < 4.78 is 0. The van der Waals surface area contributed by atoms with Gasteiger partial charge in [0.15, 0.2) is 0 Å². The first-order chi connectivity index (χ1) is 1.73. The average Bonchev–Trinajstić information content (AvgIpc) is 0.811. The summed E-state index contributed by atoms with van der Waals surface area (Å²) in [7, 11) is -2.17. The summed E-state index contributed by atoms with van der Waals surface area (Å²) in [5, 5.41) is 21.5. The standard InChI is InChI=1S/BH3O3.Cd.H2O.Yb/c2-1(3)4;;;/h2-4H;;1H2;. The summed E-state index contributed by atoms with van der Waals surface area (Å²) in [6.45, 7) is 0. The van der Waals surface area contributed by atoms with Gasteiger partial charge >= 0.3 is 7.32 Å². The van der Waals surface area contributed by atoms with Crippen LogP contribution in [0.3, 0.4) is 0 Å². The van der Waals surface area contributed by atoms with Crippen molar-refractivity contribution in [3.63, 3.8) is 0 Å². The van der Waals surface area contributed by atoms with Crippen molar-refractivity contribution in [3.8, 4) is 0 Å². The molecule has 0 saturated heterocycles. The van der Waals surface area contributed by atoms with E-state index < -0.39 is 7.32 Å². The van der Waals surface area contributed by atoms with Crippen molar-refractivity contribution in [2.75, 3.05) is 0 Å². The van der Waals surface area contributed by atoms with E-state index in [9.17, 15) is 0 Å². The first-order valence-corrected chi connectivity index (χ1v) is 0.775. The fourth-order valence-corrected chi connectivity index (χ4v) is 0. The smallest absolute Gasteiger partial charge is 0.412 e. The van der Waals surface area contributed by atoms with Gasteiger partial charge in [0, 0.05) is 74.2 Å². The van der Waals surface area contributed by atoms with Crippen LogP contribution in [0.5, 0.6) is 0 Å². The maximum absolute atomic E-state index is 7.17. The van der Waals surface area contributed by atoms with Gasteiger partial charge in [0.05, 0.1) is 0 Å². The summed E-state index contributed by atoms with van der Waals surface area (Å²) in [5.41, 5.74) is 0. The van der Waals surface area contributed by atoms with E-state index in [1.807, 2.05) is 0 Å². The van der Waals surface area contributed by atoms with E-state index in [1.165, 1.54) is 0 Å². The quantitative estimate of drug-likeness (QED) is 0.403. The molecule has 0 aliphatic heterocycles. The minimum atomic E-state index is -2.17. The average molecular weight is 365 g/mol. The predicted molar refractivity (Wildman–Crippen MR) is 16.0 cm³/mol. The van der Waals surface area contributed by atoms with Gasteiger partial charge in [0.25, 0.3) is 0 Å². The molecule has 0 aromatic carbocycles. The summed E-state index contributed by atoms with van der Waals surface area (Å²) in [4.78, 5) is 0. The van der Waals surface area contributed by atoms with Crippen molar-refractivity contribution in [1.29, 1.82) is 0 Å². The van der Waals surface area contributed by atoms with E-state index in [4.69, 9.17) is 15.1 Å². The third kappa shape index (κ3) is 61.1. The molecule has 4 nitrogen and oxygen atoms in total. The molecular weight excluding hydrogens is 360 g/mol. The summed E-state index contributed by atoms with van der Waals surface area (Å²) in [5.74, 6) is 0. The molecule has 7 heteroatoms. The Morgan fingerprint density at radius 3 is 1.00 bits per heavy atom. The second kappa shape index (κ2) is 15.8. The summed E-state index contributed by atoms with van der Waals surface area (Å²) >= 11 is 0. The third-order valence-electron chi connectivity index (χ3n) is 0. The van der Waals surface area contributed by atoms with Crippen LogP contribution in [0.2, 0.25) is 0 Å². The van der Waals surface area contributed by atoms with Crippen LogP contribution in [0, 0.1) is 46.9 Å². The van der Waals surface area contributed by atoms with Crippen molar-refractivity contribution in [3.05, 3.63) is 0 Å². The van der Waals surface area contributed by atoms with Crippen LogP contribution >= 0.6 is 0 Å². The molecule has 0 fully saturated rings. The van der Waals surface area contributed by atoms with Crippen molar-refractivity contribution in [2.45, 2.75) is 0 Å². The van der Waals surface area contributed by atoms with Crippen LogP contribution < -0.4 is 0 Å². The fraction of sp³-hybridized carbons (Fsp3) is 0. The second-order valence-corrected chi connectivity index (χ2v) is 0.346. The number of hydrogen-bond acceptors (Lipinski definition) is 3. The maximum atomic E-state index is 7.17. The Bertz CT molecular complexity index is 16.4. The molecule has 0 amide bonds. The van der Waals surface area contributed by atoms with Crippen molar-refractivity contribution in [2.24, 2.45) is 0 Å². The Morgan fingerprint density at radius 1 is 1.00 bits per heavy atom. The van der Waals surface area contributed by atoms with Crippen LogP contribution in [-0.2, 0) is 27.3 Å². The molecule has 5 N–H and O–H groups in total. The second-order valence-electron chi connectivity index (χ2n) is 0.346. The Labute approximate surface area is 100 Å². The number of hydrogen-bond donors (Lipinski definition) is 3. The van der Waals surface area contributed by atoms with Gasteiger partial charge in [-0.3, -0.25) is 0 Å². The molecule has 7 heavy (non-hydrogen) atoms. The Morgan fingerprint density at radius 2 is 1.00 bits per heavy atom. The van der Waals surface area contributed by atoms with Crippen LogP contribution in [0.25, 0.3) is 0 Å². The molecule has 0 atom stereocenters. The molecule has 0 saturated carbocycles. The van der Waals surface area contributed by atoms with Gasteiger partial charge in [-0.05, 0) is 0 Å². The zero-order valence-corrected chi connectivity index (χ0v) is 9.14. The molecule has 0 aromatic heterocycles. The van der Waals surface area contributed by atoms with Gasteiger partial charge < -0.3 is 20.5 Å². The van der Waals surface area contributed by atoms with Gasteiger partial charge in [0.2, 0.25) is 0 Å². The molecule has 0 aliphatic rings. The summed E-state index contributed by atoms with van der Waals surface area (Å²) in [6.07, 6.45) is 0. The molecule has 0 rings (SSSR count). The summed E-state index contributed by atoms with van der Waals surface area (Å²) in [6, 6.07) is 0.